The molecule has 0 radical (unpaired) electrons. The molecule has 1 aliphatic rings. The standard InChI is InChI=1S/C16H22ClNO2/c1-12(20-14-7-4-6-13(17)10-14)15(19)18-9-5-8-16(2,3)11-18/h4,6-7,10,12H,5,8-9,11H2,1-3H3/t12-/m1/s1. The number of hydrogen-bond donors (Lipinski definition) is 0. The molecule has 1 aliphatic heterocycles. The third kappa shape index (κ3) is 3.89. The number of likely N-dealkylation sites (tertiary alicyclic amines) is 1. The predicted octanol–water partition coefficient (Wildman–Crippen LogP) is 3.76. The molecular weight excluding hydrogens is 274 g/mol. The fraction of sp³-hybridized carbons (Fsp3) is 0.562. The lowest BCUT2D eigenvalue weighted by molar-refractivity contribution is -0.141. The van der Waals surface area contributed by atoms with Crippen LogP contribution in [-0.2, 0) is 4.79 Å². The van der Waals surface area contributed by atoms with E-state index in [2.05, 4.69) is 13.8 Å². The normalized spacial score (nSPS) is 19.5. The van der Waals surface area contributed by atoms with Crippen molar-refractivity contribution in [2.75, 3.05) is 13.1 Å². The van der Waals surface area contributed by atoms with Gasteiger partial charge in [-0.1, -0.05) is 31.5 Å². The Bertz CT molecular complexity index is 487. The van der Waals surface area contributed by atoms with E-state index >= 15 is 0 Å². The van der Waals surface area contributed by atoms with Crippen molar-refractivity contribution in [2.45, 2.75) is 39.7 Å². The average Bonchev–Trinajstić information content (AvgIpc) is 2.36. The van der Waals surface area contributed by atoms with E-state index in [1.165, 1.54) is 6.42 Å². The van der Waals surface area contributed by atoms with Gasteiger partial charge in [-0.05, 0) is 43.4 Å². The molecule has 0 saturated carbocycles. The summed E-state index contributed by atoms with van der Waals surface area (Å²) in [4.78, 5) is 14.4. The maximum absolute atomic E-state index is 12.4. The second kappa shape index (κ2) is 6.04. The van der Waals surface area contributed by atoms with Gasteiger partial charge in [0.25, 0.3) is 5.91 Å². The summed E-state index contributed by atoms with van der Waals surface area (Å²) in [7, 11) is 0. The molecule has 1 fully saturated rings. The van der Waals surface area contributed by atoms with Crippen LogP contribution >= 0.6 is 11.6 Å². The van der Waals surface area contributed by atoms with Crippen molar-refractivity contribution in [3.8, 4) is 5.75 Å². The van der Waals surface area contributed by atoms with Crippen LogP contribution in [0.1, 0.15) is 33.6 Å². The molecule has 1 aromatic rings. The zero-order chi connectivity index (χ0) is 14.8. The molecule has 0 aliphatic carbocycles. The van der Waals surface area contributed by atoms with Crippen LogP contribution in [0.2, 0.25) is 5.02 Å². The van der Waals surface area contributed by atoms with Crippen molar-refractivity contribution in [1.82, 2.24) is 4.90 Å². The van der Waals surface area contributed by atoms with Crippen LogP contribution in [0, 0.1) is 5.41 Å². The lowest BCUT2D eigenvalue weighted by atomic mass is 9.84. The fourth-order valence-electron chi connectivity index (χ4n) is 2.66. The summed E-state index contributed by atoms with van der Waals surface area (Å²) in [5.41, 5.74) is 0.198. The summed E-state index contributed by atoms with van der Waals surface area (Å²) in [5.74, 6) is 0.687. The van der Waals surface area contributed by atoms with Gasteiger partial charge in [0.2, 0.25) is 0 Å². The number of amides is 1. The highest BCUT2D eigenvalue weighted by Gasteiger charge is 2.31. The summed E-state index contributed by atoms with van der Waals surface area (Å²) < 4.78 is 5.70. The molecule has 0 aromatic heterocycles. The van der Waals surface area contributed by atoms with Gasteiger partial charge in [0, 0.05) is 18.1 Å². The number of hydrogen-bond acceptors (Lipinski definition) is 2. The zero-order valence-corrected chi connectivity index (χ0v) is 13.1. The molecule has 2 rings (SSSR count). The largest absolute Gasteiger partial charge is 0.481 e. The molecule has 1 amide bonds. The summed E-state index contributed by atoms with van der Waals surface area (Å²) in [5, 5.41) is 0.612. The number of piperidine rings is 1. The van der Waals surface area contributed by atoms with Crippen LogP contribution in [0.25, 0.3) is 0 Å². The Balaban J connectivity index is 1.98. The van der Waals surface area contributed by atoms with E-state index < -0.39 is 6.10 Å². The number of carbonyl (C=O) groups excluding carboxylic acids is 1. The van der Waals surface area contributed by atoms with Crippen LogP contribution < -0.4 is 4.74 Å². The van der Waals surface area contributed by atoms with E-state index in [4.69, 9.17) is 16.3 Å². The van der Waals surface area contributed by atoms with Gasteiger partial charge in [-0.15, -0.1) is 0 Å². The van der Waals surface area contributed by atoms with Gasteiger partial charge in [-0.3, -0.25) is 4.79 Å². The highest BCUT2D eigenvalue weighted by molar-refractivity contribution is 6.30. The molecule has 3 nitrogen and oxygen atoms in total. The third-order valence-electron chi connectivity index (χ3n) is 3.67. The minimum atomic E-state index is -0.484. The maximum Gasteiger partial charge on any atom is 0.263 e. The smallest absolute Gasteiger partial charge is 0.263 e. The van der Waals surface area contributed by atoms with Crippen LogP contribution in [0.5, 0.6) is 5.75 Å². The number of benzene rings is 1. The molecule has 0 spiro atoms. The van der Waals surface area contributed by atoms with E-state index in [9.17, 15) is 4.79 Å². The average molecular weight is 296 g/mol. The Kier molecular flexibility index (Phi) is 4.59. The molecule has 1 saturated heterocycles. The van der Waals surface area contributed by atoms with Crippen molar-refractivity contribution in [3.05, 3.63) is 29.3 Å². The second-order valence-corrected chi connectivity index (χ2v) is 6.68. The number of ether oxygens (including phenoxy) is 1. The van der Waals surface area contributed by atoms with E-state index in [0.29, 0.717) is 10.8 Å². The SMILES string of the molecule is C[C@@H](Oc1cccc(Cl)c1)C(=O)N1CCCC(C)(C)C1. The van der Waals surface area contributed by atoms with E-state index in [1.54, 1.807) is 19.1 Å². The first kappa shape index (κ1) is 15.2. The lowest BCUT2D eigenvalue weighted by Crippen LogP contribution is -2.48. The van der Waals surface area contributed by atoms with Gasteiger partial charge in [0.05, 0.1) is 0 Å². The van der Waals surface area contributed by atoms with Crippen molar-refractivity contribution in [2.24, 2.45) is 5.41 Å². The van der Waals surface area contributed by atoms with Crippen LogP contribution in [0.3, 0.4) is 0 Å². The van der Waals surface area contributed by atoms with Gasteiger partial charge in [-0.25, -0.2) is 0 Å². The summed E-state index contributed by atoms with van der Waals surface area (Å²) in [6.07, 6.45) is 1.74. The minimum absolute atomic E-state index is 0.0535. The number of halogens is 1. The number of carbonyl (C=O) groups is 1. The van der Waals surface area contributed by atoms with Crippen molar-refractivity contribution in [1.29, 1.82) is 0 Å². The van der Waals surface area contributed by atoms with Crippen molar-refractivity contribution >= 4 is 17.5 Å². The predicted molar refractivity (Wildman–Crippen MR) is 81.1 cm³/mol. The topological polar surface area (TPSA) is 29.5 Å². The monoisotopic (exact) mass is 295 g/mol. The molecule has 1 atom stereocenters. The molecule has 1 heterocycles. The molecule has 0 unspecified atom stereocenters. The van der Waals surface area contributed by atoms with Gasteiger partial charge in [-0.2, -0.15) is 0 Å². The fourth-order valence-corrected chi connectivity index (χ4v) is 2.84. The number of rotatable bonds is 3. The van der Waals surface area contributed by atoms with Gasteiger partial charge >= 0.3 is 0 Å². The first-order valence-electron chi connectivity index (χ1n) is 7.08. The summed E-state index contributed by atoms with van der Waals surface area (Å²) in [6.45, 7) is 7.83. The molecule has 0 bridgehead atoms. The van der Waals surface area contributed by atoms with Gasteiger partial charge < -0.3 is 9.64 Å². The highest BCUT2D eigenvalue weighted by atomic mass is 35.5. The number of nitrogens with zero attached hydrogens (tertiary/aromatic N) is 1. The van der Waals surface area contributed by atoms with Crippen LogP contribution in [0.15, 0.2) is 24.3 Å². The van der Waals surface area contributed by atoms with E-state index in [0.717, 1.165) is 19.5 Å². The molecule has 110 valence electrons. The molecule has 20 heavy (non-hydrogen) atoms. The molecule has 1 aromatic carbocycles. The first-order chi connectivity index (χ1) is 9.37. The summed E-state index contributed by atoms with van der Waals surface area (Å²) >= 11 is 5.92. The second-order valence-electron chi connectivity index (χ2n) is 6.25. The Morgan fingerprint density at radius 3 is 2.85 bits per heavy atom. The van der Waals surface area contributed by atoms with Gasteiger partial charge in [0.1, 0.15) is 5.75 Å². The Morgan fingerprint density at radius 1 is 1.45 bits per heavy atom. The van der Waals surface area contributed by atoms with Crippen molar-refractivity contribution in [3.63, 3.8) is 0 Å². The Hall–Kier alpha value is -1.22. The maximum atomic E-state index is 12.4. The Labute approximate surface area is 125 Å². The zero-order valence-electron chi connectivity index (χ0n) is 12.4. The molecule has 0 N–H and O–H groups in total. The van der Waals surface area contributed by atoms with E-state index in [-0.39, 0.29) is 11.3 Å². The lowest BCUT2D eigenvalue weighted by Gasteiger charge is -2.39. The summed E-state index contributed by atoms with van der Waals surface area (Å²) in [6, 6.07) is 7.15. The van der Waals surface area contributed by atoms with Crippen LogP contribution in [0.4, 0.5) is 0 Å². The molecule has 4 heteroatoms. The highest BCUT2D eigenvalue weighted by Crippen LogP contribution is 2.29. The quantitative estimate of drug-likeness (QED) is 0.850. The molecular formula is C16H22ClNO2. The van der Waals surface area contributed by atoms with E-state index in [1.807, 2.05) is 17.0 Å². The van der Waals surface area contributed by atoms with Crippen molar-refractivity contribution < 1.29 is 9.53 Å². The van der Waals surface area contributed by atoms with Crippen LogP contribution in [-0.4, -0.2) is 30.0 Å². The Morgan fingerprint density at radius 2 is 2.20 bits per heavy atom. The minimum Gasteiger partial charge on any atom is -0.481 e. The van der Waals surface area contributed by atoms with Gasteiger partial charge in [0.15, 0.2) is 6.10 Å². The third-order valence-corrected chi connectivity index (χ3v) is 3.90. The first-order valence-corrected chi connectivity index (χ1v) is 7.46.